The normalized spacial score (nSPS) is 16.1. The molecule has 12 heteroatoms. The summed E-state index contributed by atoms with van der Waals surface area (Å²) in [5, 5.41) is 22.4. The smallest absolute Gasteiger partial charge is 0.271 e. The fourth-order valence-electron chi connectivity index (χ4n) is 7.26. The van der Waals surface area contributed by atoms with Crippen LogP contribution in [-0.4, -0.2) is 59.6 Å². The molecule has 0 saturated heterocycles. The summed E-state index contributed by atoms with van der Waals surface area (Å²) in [6, 6.07) is 19.1. The number of carbonyl (C=O) groups excluding carboxylic acids is 4. The van der Waals surface area contributed by atoms with Crippen molar-refractivity contribution in [2.75, 3.05) is 36.0 Å². The Bertz CT molecular complexity index is 2130. The van der Waals surface area contributed by atoms with Crippen molar-refractivity contribution >= 4 is 68.5 Å². The highest BCUT2D eigenvalue weighted by molar-refractivity contribution is 7.17. The number of unbranched alkanes of at least 4 members (excludes halogenated alkanes) is 4. The van der Waals surface area contributed by atoms with Gasteiger partial charge in [0.25, 0.3) is 23.6 Å². The average molecular weight is 845 g/mol. The molecule has 1 aromatic carbocycles. The lowest BCUT2D eigenvalue weighted by atomic mass is 9.94. The lowest BCUT2D eigenvalue weighted by molar-refractivity contribution is -0.142. The van der Waals surface area contributed by atoms with Crippen LogP contribution >= 0.6 is 22.7 Å². The standard InChI is InChI=1S/C48H56N6O4S2/c1-7-11-22-51(23-12-8-2)43-20-18-37(59-43)27-39-33(5)41(29-49)47(57)53(45(39)55)31-35-16-15-17-36(26-35)32-54-46(56)40(34(6)42(30-50)48(54)58)28-38-19-21-44(60-38)52(24-13-9-3)25-14-10-4/h15-21,26-28H,7-14,22-25,31-32H2,1-6H3/b39-27-,40-28+. The third kappa shape index (κ3) is 10.6. The van der Waals surface area contributed by atoms with Crippen molar-refractivity contribution < 1.29 is 19.2 Å². The van der Waals surface area contributed by atoms with Crippen LogP contribution in [0.4, 0.5) is 10.0 Å². The van der Waals surface area contributed by atoms with Gasteiger partial charge < -0.3 is 9.80 Å². The summed E-state index contributed by atoms with van der Waals surface area (Å²) in [6.45, 7) is 15.5. The van der Waals surface area contributed by atoms with Crippen LogP contribution < -0.4 is 9.80 Å². The van der Waals surface area contributed by atoms with Crippen LogP contribution in [-0.2, 0) is 32.3 Å². The first-order valence-corrected chi connectivity index (χ1v) is 22.8. The Hall–Kier alpha value is -5.56. The van der Waals surface area contributed by atoms with Gasteiger partial charge in [0.1, 0.15) is 23.3 Å². The molecule has 60 heavy (non-hydrogen) atoms. The van der Waals surface area contributed by atoms with E-state index < -0.39 is 23.6 Å². The molecule has 3 aromatic rings. The fourth-order valence-corrected chi connectivity index (χ4v) is 9.27. The number of thiophene rings is 2. The van der Waals surface area contributed by atoms with E-state index in [9.17, 15) is 29.7 Å². The van der Waals surface area contributed by atoms with Crippen molar-refractivity contribution in [3.05, 3.63) is 103 Å². The van der Waals surface area contributed by atoms with Gasteiger partial charge in [-0.2, -0.15) is 10.5 Å². The second-order valence-corrected chi connectivity index (χ2v) is 17.5. The highest BCUT2D eigenvalue weighted by Crippen LogP contribution is 2.35. The zero-order valence-electron chi connectivity index (χ0n) is 35.8. The van der Waals surface area contributed by atoms with Gasteiger partial charge in [-0.05, 0) is 98.2 Å². The number of anilines is 2. The second-order valence-electron chi connectivity index (χ2n) is 15.3. The summed E-state index contributed by atoms with van der Waals surface area (Å²) in [6.07, 6.45) is 12.2. The monoisotopic (exact) mass is 844 g/mol. The van der Waals surface area contributed by atoms with Crippen LogP contribution in [0.15, 0.2) is 82.0 Å². The first-order valence-electron chi connectivity index (χ1n) is 21.2. The van der Waals surface area contributed by atoms with E-state index in [1.165, 1.54) is 0 Å². The molecule has 2 aliphatic rings. The fraction of sp³-hybridized carbons (Fsp3) is 0.417. The van der Waals surface area contributed by atoms with Crippen molar-refractivity contribution in [2.45, 2.75) is 106 Å². The van der Waals surface area contributed by atoms with Gasteiger partial charge >= 0.3 is 0 Å². The maximum Gasteiger partial charge on any atom is 0.271 e. The molecule has 0 bridgehead atoms. The minimum atomic E-state index is -0.675. The maximum absolute atomic E-state index is 14.1. The Balaban J connectivity index is 1.39. The number of nitrogens with zero attached hydrogens (tertiary/aromatic N) is 6. The maximum atomic E-state index is 14.1. The third-order valence-electron chi connectivity index (χ3n) is 10.9. The molecule has 0 fully saturated rings. The molecule has 4 amide bonds. The van der Waals surface area contributed by atoms with Crippen LogP contribution in [0.1, 0.15) is 114 Å². The van der Waals surface area contributed by atoms with Gasteiger partial charge in [0.2, 0.25) is 0 Å². The topological polar surface area (TPSA) is 129 Å². The molecule has 4 heterocycles. The molecule has 0 saturated carbocycles. The first kappa shape index (κ1) is 45.5. The number of amides is 4. The van der Waals surface area contributed by atoms with E-state index in [2.05, 4.69) is 49.6 Å². The van der Waals surface area contributed by atoms with Gasteiger partial charge in [-0.25, -0.2) is 0 Å². The number of carbonyl (C=O) groups is 4. The van der Waals surface area contributed by atoms with Gasteiger partial charge in [0, 0.05) is 47.1 Å². The van der Waals surface area contributed by atoms with Crippen molar-refractivity contribution in [1.29, 1.82) is 10.5 Å². The van der Waals surface area contributed by atoms with Gasteiger partial charge in [-0.1, -0.05) is 77.6 Å². The number of hydrogen-bond donors (Lipinski definition) is 0. The summed E-state index contributed by atoms with van der Waals surface area (Å²) in [4.78, 5) is 64.1. The molecule has 0 aliphatic carbocycles. The van der Waals surface area contributed by atoms with Crippen molar-refractivity contribution in [3.63, 3.8) is 0 Å². The summed E-state index contributed by atoms with van der Waals surface area (Å²) in [5.41, 5.74) is 2.22. The van der Waals surface area contributed by atoms with Crippen molar-refractivity contribution in [3.8, 4) is 12.1 Å². The Morgan fingerprint density at radius 2 is 0.933 bits per heavy atom. The molecule has 10 nitrogen and oxygen atoms in total. The molecule has 314 valence electrons. The van der Waals surface area contributed by atoms with Gasteiger partial charge in [-0.15, -0.1) is 22.7 Å². The summed E-state index contributed by atoms with van der Waals surface area (Å²) in [5.74, 6) is -2.36. The van der Waals surface area contributed by atoms with E-state index in [0.29, 0.717) is 22.3 Å². The highest BCUT2D eigenvalue weighted by Gasteiger charge is 2.37. The van der Waals surface area contributed by atoms with E-state index >= 15 is 0 Å². The third-order valence-corrected chi connectivity index (χ3v) is 13.1. The first-order chi connectivity index (χ1) is 29.0. The van der Waals surface area contributed by atoms with Gasteiger partial charge in [-0.3, -0.25) is 29.0 Å². The quantitative estimate of drug-likeness (QED) is 0.0812. The van der Waals surface area contributed by atoms with Crippen molar-refractivity contribution in [1.82, 2.24) is 9.80 Å². The molecule has 5 rings (SSSR count). The van der Waals surface area contributed by atoms with Crippen LogP contribution in [0.25, 0.3) is 12.2 Å². The number of benzene rings is 1. The molecule has 0 spiro atoms. The van der Waals surface area contributed by atoms with Gasteiger partial charge in [0.05, 0.1) is 23.1 Å². The number of imide groups is 2. The second kappa shape index (κ2) is 21.6. The minimum absolute atomic E-state index is 0.0937. The molecule has 0 N–H and O–H groups in total. The number of rotatable bonds is 20. The van der Waals surface area contributed by atoms with E-state index in [1.54, 1.807) is 72.9 Å². The number of nitriles is 2. The SMILES string of the molecule is CCCCN(CCCC)c1ccc(/C=C2\C(=O)N(Cc3cccc(CN4C(=O)C(C#N)=C(C)/C(=C\c5ccc(N(CCCC)CCCC)s5)C4=O)c3)C(=O)C(C#N)=C2C)s1. The predicted octanol–water partition coefficient (Wildman–Crippen LogP) is 10.2. The van der Waals surface area contributed by atoms with Crippen LogP contribution in [0.3, 0.4) is 0 Å². The molecule has 0 unspecified atom stereocenters. The minimum Gasteiger partial charge on any atom is -0.363 e. The average Bonchev–Trinajstić information content (AvgIpc) is 3.92. The van der Waals surface area contributed by atoms with E-state index in [1.807, 2.05) is 24.3 Å². The number of hydrogen-bond acceptors (Lipinski definition) is 10. The van der Waals surface area contributed by atoms with Crippen LogP contribution in [0.5, 0.6) is 0 Å². The molecule has 0 atom stereocenters. The van der Waals surface area contributed by atoms with E-state index in [-0.39, 0.29) is 35.4 Å². The highest BCUT2D eigenvalue weighted by atomic mass is 32.1. The van der Waals surface area contributed by atoms with Crippen LogP contribution in [0, 0.1) is 22.7 Å². The Labute approximate surface area is 363 Å². The molecule has 0 radical (unpaired) electrons. The lowest BCUT2D eigenvalue weighted by Crippen LogP contribution is -2.42. The van der Waals surface area contributed by atoms with Crippen molar-refractivity contribution in [2.24, 2.45) is 0 Å². The Morgan fingerprint density at radius 3 is 1.27 bits per heavy atom. The predicted molar refractivity (Wildman–Crippen MR) is 243 cm³/mol. The zero-order valence-corrected chi connectivity index (χ0v) is 37.4. The summed E-state index contributed by atoms with van der Waals surface area (Å²) in [7, 11) is 0. The largest absolute Gasteiger partial charge is 0.363 e. The summed E-state index contributed by atoms with van der Waals surface area (Å²) < 4.78 is 0. The van der Waals surface area contributed by atoms with Gasteiger partial charge in [0.15, 0.2) is 0 Å². The molecular formula is C48H56N6O4S2. The Kier molecular flexibility index (Phi) is 16.4. The van der Waals surface area contributed by atoms with Crippen LogP contribution in [0.2, 0.25) is 0 Å². The molecular weight excluding hydrogens is 789 g/mol. The molecule has 2 aromatic heterocycles. The summed E-state index contributed by atoms with van der Waals surface area (Å²) >= 11 is 3.16. The molecule has 2 aliphatic heterocycles. The van der Waals surface area contributed by atoms with E-state index in [4.69, 9.17) is 0 Å². The Morgan fingerprint density at radius 1 is 0.567 bits per heavy atom. The zero-order chi connectivity index (χ0) is 43.3. The van der Waals surface area contributed by atoms with E-state index in [0.717, 1.165) is 107 Å². The lowest BCUT2D eigenvalue weighted by Gasteiger charge is -2.28.